The Morgan fingerprint density at radius 3 is 3.17 bits per heavy atom. The number of anilines is 1. The third-order valence-electron chi connectivity index (χ3n) is 0.906. The van der Waals surface area contributed by atoms with E-state index in [1.165, 1.54) is 24.5 Å². The summed E-state index contributed by atoms with van der Waals surface area (Å²) in [4.78, 5) is 18.4. The maximum atomic E-state index is 10.3. The molecule has 2 N–H and O–H groups in total. The van der Waals surface area contributed by atoms with Crippen LogP contribution in [0.5, 0.6) is 0 Å². The Bertz CT molecular complexity index is 307. The Labute approximate surface area is 72.9 Å². The maximum Gasteiger partial charge on any atom is 0.331 e. The van der Waals surface area contributed by atoms with Gasteiger partial charge in [-0.1, -0.05) is 5.16 Å². The number of aromatic nitrogens is 1. The average Bonchev–Trinajstić information content (AvgIpc) is 2.35. The molecule has 0 spiro atoms. The molecule has 1 rings (SSSR count). The lowest BCUT2D eigenvalue weighted by Gasteiger charge is -1.85. The van der Waals surface area contributed by atoms with Gasteiger partial charge in [-0.3, -0.25) is 0 Å². The number of carbonyl (C=O) groups is 1. The van der Waals surface area contributed by atoms with Gasteiger partial charge in [0.2, 0.25) is 0 Å². The zero-order valence-corrected chi connectivity index (χ0v) is 7.17. The largest absolute Gasteiger partial charge is 0.375 e. The van der Waals surface area contributed by atoms with E-state index in [1.54, 1.807) is 5.38 Å². The molecule has 1 aromatic heterocycles. The van der Waals surface area contributed by atoms with Crippen LogP contribution in [-0.2, 0) is 9.63 Å². The minimum absolute atomic E-state index is 0.458. The number of oxime groups is 1. The lowest BCUT2D eigenvalue weighted by atomic mass is 10.6. The molecule has 0 radical (unpaired) electrons. The van der Waals surface area contributed by atoms with Crippen LogP contribution >= 0.6 is 11.3 Å². The quantitative estimate of drug-likeness (QED) is 0.416. The van der Waals surface area contributed by atoms with Crippen molar-refractivity contribution in [3.63, 3.8) is 0 Å². The minimum atomic E-state index is -0.463. The molecule has 6 heteroatoms. The molecule has 0 aliphatic heterocycles. The van der Waals surface area contributed by atoms with Crippen molar-refractivity contribution < 1.29 is 9.63 Å². The van der Waals surface area contributed by atoms with Crippen molar-refractivity contribution >= 4 is 28.7 Å². The third kappa shape index (κ3) is 2.67. The van der Waals surface area contributed by atoms with E-state index in [0.717, 1.165) is 0 Å². The van der Waals surface area contributed by atoms with E-state index in [9.17, 15) is 4.79 Å². The van der Waals surface area contributed by atoms with Gasteiger partial charge in [-0.05, 0) is 0 Å². The minimum Gasteiger partial charge on any atom is -0.375 e. The van der Waals surface area contributed by atoms with Crippen molar-refractivity contribution in [3.05, 3.63) is 11.1 Å². The van der Waals surface area contributed by atoms with Crippen LogP contribution in [0, 0.1) is 0 Å². The number of hydrogen-bond acceptors (Lipinski definition) is 6. The molecule has 0 bridgehead atoms. The summed E-state index contributed by atoms with van der Waals surface area (Å²) in [5, 5.41) is 5.54. The van der Waals surface area contributed by atoms with Crippen LogP contribution in [0.3, 0.4) is 0 Å². The van der Waals surface area contributed by atoms with E-state index in [2.05, 4.69) is 15.0 Å². The summed E-state index contributed by atoms with van der Waals surface area (Å²) in [6, 6.07) is 0. The zero-order chi connectivity index (χ0) is 8.97. The number of nitrogen functional groups attached to an aromatic ring is 1. The Morgan fingerprint density at radius 1 is 1.92 bits per heavy atom. The fraction of sp³-hybridized carbons (Fsp3) is 0.167. The van der Waals surface area contributed by atoms with Gasteiger partial charge in [0.1, 0.15) is 0 Å². The van der Waals surface area contributed by atoms with Crippen LogP contribution in [0.15, 0.2) is 10.5 Å². The Kier molecular flexibility index (Phi) is 2.76. The van der Waals surface area contributed by atoms with E-state index >= 15 is 0 Å². The molecular weight excluding hydrogens is 178 g/mol. The normalized spacial score (nSPS) is 10.4. The van der Waals surface area contributed by atoms with Gasteiger partial charge in [0.05, 0.1) is 11.9 Å². The van der Waals surface area contributed by atoms with Crippen LogP contribution in [-0.4, -0.2) is 17.2 Å². The lowest BCUT2D eigenvalue weighted by molar-refractivity contribution is -0.140. The molecule has 0 atom stereocenters. The Hall–Kier alpha value is -1.43. The van der Waals surface area contributed by atoms with Crippen molar-refractivity contribution in [3.8, 4) is 0 Å². The smallest absolute Gasteiger partial charge is 0.331 e. The molecule has 0 fully saturated rings. The predicted molar refractivity (Wildman–Crippen MR) is 45.9 cm³/mol. The highest BCUT2D eigenvalue weighted by Crippen LogP contribution is 2.08. The van der Waals surface area contributed by atoms with Crippen LogP contribution in [0.4, 0.5) is 5.13 Å². The van der Waals surface area contributed by atoms with E-state index in [4.69, 9.17) is 5.73 Å². The van der Waals surface area contributed by atoms with E-state index < -0.39 is 5.97 Å². The van der Waals surface area contributed by atoms with Crippen molar-refractivity contribution in [1.29, 1.82) is 0 Å². The molecule has 0 saturated heterocycles. The first-order valence-electron chi connectivity index (χ1n) is 3.10. The molecule has 5 nitrogen and oxygen atoms in total. The Balaban J connectivity index is 2.52. The number of carbonyl (C=O) groups excluding carboxylic acids is 1. The predicted octanol–water partition coefficient (Wildman–Crippen LogP) is 0.622. The zero-order valence-electron chi connectivity index (χ0n) is 6.35. The van der Waals surface area contributed by atoms with Gasteiger partial charge >= 0.3 is 5.97 Å². The monoisotopic (exact) mass is 185 g/mol. The van der Waals surface area contributed by atoms with Crippen LogP contribution in [0.1, 0.15) is 12.6 Å². The number of nitrogens with zero attached hydrogens (tertiary/aromatic N) is 2. The molecule has 0 unspecified atom stereocenters. The molecular formula is C6H7N3O2S. The van der Waals surface area contributed by atoms with Gasteiger partial charge < -0.3 is 10.6 Å². The Morgan fingerprint density at radius 2 is 2.67 bits per heavy atom. The highest BCUT2D eigenvalue weighted by Gasteiger charge is 1.94. The molecule has 0 aromatic carbocycles. The van der Waals surface area contributed by atoms with E-state index in [-0.39, 0.29) is 0 Å². The lowest BCUT2D eigenvalue weighted by Crippen LogP contribution is -1.92. The summed E-state index contributed by atoms with van der Waals surface area (Å²) in [6.45, 7) is 1.27. The third-order valence-corrected chi connectivity index (χ3v) is 1.60. The number of thiazole rings is 1. The second-order valence-corrected chi connectivity index (χ2v) is 2.82. The molecule has 12 heavy (non-hydrogen) atoms. The summed E-state index contributed by atoms with van der Waals surface area (Å²) in [6.07, 6.45) is 1.33. The number of rotatable bonds is 2. The molecule has 0 aliphatic rings. The van der Waals surface area contributed by atoms with Crippen LogP contribution in [0.2, 0.25) is 0 Å². The standard InChI is InChI=1S/C6H7N3O2S/c1-4(10)11-8-2-5-3-12-6(7)9-5/h2-3H,1H3,(H2,7,9)/b8-2+. The average molecular weight is 185 g/mol. The van der Waals surface area contributed by atoms with Crippen LogP contribution < -0.4 is 5.73 Å². The summed E-state index contributed by atoms with van der Waals surface area (Å²) >= 11 is 1.30. The highest BCUT2D eigenvalue weighted by atomic mass is 32.1. The second kappa shape index (κ2) is 3.82. The number of nitrogens with two attached hydrogens (primary N) is 1. The fourth-order valence-electron chi connectivity index (χ4n) is 0.515. The van der Waals surface area contributed by atoms with E-state index in [0.29, 0.717) is 10.8 Å². The summed E-state index contributed by atoms with van der Waals surface area (Å²) in [5.41, 5.74) is 5.93. The topological polar surface area (TPSA) is 77.6 Å². The van der Waals surface area contributed by atoms with Crippen molar-refractivity contribution in [2.24, 2.45) is 5.16 Å². The van der Waals surface area contributed by atoms with Crippen molar-refractivity contribution in [2.75, 3.05) is 5.73 Å². The first-order chi connectivity index (χ1) is 5.68. The summed E-state index contributed by atoms with van der Waals surface area (Å²) in [5.74, 6) is -0.463. The molecule has 1 heterocycles. The summed E-state index contributed by atoms with van der Waals surface area (Å²) < 4.78 is 0. The first-order valence-corrected chi connectivity index (χ1v) is 3.98. The fourth-order valence-corrected chi connectivity index (χ4v) is 1.03. The van der Waals surface area contributed by atoms with Gasteiger partial charge in [-0.25, -0.2) is 9.78 Å². The van der Waals surface area contributed by atoms with Gasteiger partial charge in [0.25, 0.3) is 0 Å². The maximum absolute atomic E-state index is 10.3. The second-order valence-electron chi connectivity index (χ2n) is 1.93. The van der Waals surface area contributed by atoms with Gasteiger partial charge in [0, 0.05) is 12.3 Å². The van der Waals surface area contributed by atoms with Gasteiger partial charge in [0.15, 0.2) is 5.13 Å². The highest BCUT2D eigenvalue weighted by molar-refractivity contribution is 7.13. The van der Waals surface area contributed by atoms with Crippen LogP contribution in [0.25, 0.3) is 0 Å². The number of hydrogen-bond donors (Lipinski definition) is 1. The molecule has 0 aliphatic carbocycles. The first kappa shape index (κ1) is 8.66. The molecule has 0 amide bonds. The van der Waals surface area contributed by atoms with Crippen molar-refractivity contribution in [2.45, 2.75) is 6.92 Å². The van der Waals surface area contributed by atoms with Gasteiger partial charge in [-0.2, -0.15) is 0 Å². The molecule has 64 valence electrons. The molecule has 1 aromatic rings. The van der Waals surface area contributed by atoms with Gasteiger partial charge in [-0.15, -0.1) is 11.3 Å². The SMILES string of the molecule is CC(=O)O/N=C/c1csc(N)n1. The molecule has 0 saturated carbocycles. The summed E-state index contributed by atoms with van der Waals surface area (Å²) in [7, 11) is 0. The van der Waals surface area contributed by atoms with Crippen molar-refractivity contribution in [1.82, 2.24) is 4.98 Å². The van der Waals surface area contributed by atoms with E-state index in [1.807, 2.05) is 0 Å².